The molecule has 9 heteroatoms. The van der Waals surface area contributed by atoms with Gasteiger partial charge in [-0.2, -0.15) is 18.3 Å². The lowest BCUT2D eigenvalue weighted by molar-refractivity contribution is -0.138. The van der Waals surface area contributed by atoms with Crippen LogP contribution in [0, 0.1) is 0 Å². The second-order valence-corrected chi connectivity index (χ2v) is 5.17. The van der Waals surface area contributed by atoms with E-state index < -0.39 is 29.8 Å². The van der Waals surface area contributed by atoms with E-state index in [2.05, 4.69) is 10.5 Å². The number of alkyl halides is 3. The number of nitrogens with one attached hydrogen (secondary N) is 1. The number of aromatic nitrogens is 1. The lowest BCUT2D eigenvalue weighted by Gasteiger charge is -2.09. The molecule has 0 aliphatic heterocycles. The monoisotopic (exact) mass is 329 g/mol. The number of rotatable bonds is 4. The van der Waals surface area contributed by atoms with Crippen molar-refractivity contribution in [3.8, 4) is 0 Å². The molecule has 0 aliphatic rings. The van der Waals surface area contributed by atoms with Crippen molar-refractivity contribution in [3.05, 3.63) is 56.6 Å². The van der Waals surface area contributed by atoms with Gasteiger partial charge in [-0.3, -0.25) is 9.59 Å². The van der Waals surface area contributed by atoms with Gasteiger partial charge in [0.1, 0.15) is 6.54 Å². The Hall–Kier alpha value is -2.42. The Balaban J connectivity index is 2.03. The van der Waals surface area contributed by atoms with Crippen LogP contribution < -0.4 is 11.0 Å². The molecule has 0 saturated carbocycles. The zero-order chi connectivity index (χ0) is 16.2. The second-order valence-electron chi connectivity index (χ2n) is 4.19. The minimum atomic E-state index is -4.58. The Morgan fingerprint density at radius 2 is 2.14 bits per heavy atom. The number of pyridine rings is 1. The molecule has 0 radical (unpaired) electrons. The molecule has 0 unspecified atom stereocenters. The molecule has 0 aliphatic carbocycles. The van der Waals surface area contributed by atoms with Crippen LogP contribution in [0.3, 0.4) is 0 Å². The van der Waals surface area contributed by atoms with Gasteiger partial charge in [-0.25, -0.2) is 5.43 Å². The number of amides is 1. The van der Waals surface area contributed by atoms with Gasteiger partial charge in [-0.15, -0.1) is 11.3 Å². The van der Waals surface area contributed by atoms with E-state index >= 15 is 0 Å². The largest absolute Gasteiger partial charge is 0.417 e. The average Bonchev–Trinajstić information content (AvgIpc) is 2.93. The number of carbonyl (C=O) groups is 1. The molecule has 0 saturated heterocycles. The second kappa shape index (κ2) is 6.56. The van der Waals surface area contributed by atoms with Crippen LogP contribution in [0.4, 0.5) is 13.2 Å². The molecule has 0 aromatic carbocycles. The van der Waals surface area contributed by atoms with Gasteiger partial charge in [-0.05, 0) is 17.5 Å². The van der Waals surface area contributed by atoms with E-state index in [9.17, 15) is 22.8 Å². The van der Waals surface area contributed by atoms with Crippen LogP contribution in [-0.4, -0.2) is 16.7 Å². The highest BCUT2D eigenvalue weighted by atomic mass is 32.1. The first-order valence-corrected chi connectivity index (χ1v) is 6.87. The summed E-state index contributed by atoms with van der Waals surface area (Å²) in [5.41, 5.74) is 0.450. The zero-order valence-electron chi connectivity index (χ0n) is 11.0. The van der Waals surface area contributed by atoms with E-state index in [0.29, 0.717) is 16.8 Å². The maximum absolute atomic E-state index is 12.6. The fourth-order valence-corrected chi connectivity index (χ4v) is 2.13. The van der Waals surface area contributed by atoms with Crippen molar-refractivity contribution in [2.75, 3.05) is 0 Å². The molecule has 1 amide bonds. The van der Waals surface area contributed by atoms with Gasteiger partial charge < -0.3 is 4.57 Å². The first-order valence-electron chi connectivity index (χ1n) is 5.99. The third-order valence-electron chi connectivity index (χ3n) is 2.55. The summed E-state index contributed by atoms with van der Waals surface area (Å²) in [4.78, 5) is 23.9. The number of hydrogen-bond acceptors (Lipinski definition) is 4. The van der Waals surface area contributed by atoms with Gasteiger partial charge >= 0.3 is 6.18 Å². The Bertz CT molecular complexity index is 736. The van der Waals surface area contributed by atoms with Crippen LogP contribution in [-0.2, 0) is 17.5 Å². The normalized spacial score (nSPS) is 11.8. The molecule has 2 aromatic rings. The van der Waals surface area contributed by atoms with Crippen LogP contribution >= 0.6 is 11.3 Å². The summed E-state index contributed by atoms with van der Waals surface area (Å²) >= 11 is 1.40. The Labute approximate surface area is 126 Å². The standard InChI is InChI=1S/C13H10F3N3O2S/c14-13(15,16)9-3-4-12(21)19(7-9)8-11(20)18-17-6-10-2-1-5-22-10/h1-7H,8H2,(H,18,20)/b17-6+. The molecule has 2 rings (SSSR count). The summed E-state index contributed by atoms with van der Waals surface area (Å²) in [7, 11) is 0. The van der Waals surface area contributed by atoms with Crippen molar-refractivity contribution >= 4 is 23.5 Å². The van der Waals surface area contributed by atoms with E-state index in [0.717, 1.165) is 10.9 Å². The highest BCUT2D eigenvalue weighted by Gasteiger charge is 2.31. The van der Waals surface area contributed by atoms with Crippen molar-refractivity contribution in [2.24, 2.45) is 5.10 Å². The molecule has 22 heavy (non-hydrogen) atoms. The SMILES string of the molecule is O=C(Cn1cc(C(F)(F)F)ccc1=O)N/N=C/c1cccs1. The summed E-state index contributed by atoms with van der Waals surface area (Å²) in [5, 5.41) is 5.48. The van der Waals surface area contributed by atoms with Crippen LogP contribution in [0.1, 0.15) is 10.4 Å². The van der Waals surface area contributed by atoms with Gasteiger partial charge in [0, 0.05) is 17.1 Å². The minimum Gasteiger partial charge on any atom is -0.305 e. The lowest BCUT2D eigenvalue weighted by atomic mass is 10.3. The topological polar surface area (TPSA) is 63.5 Å². The summed E-state index contributed by atoms with van der Waals surface area (Å²) in [6, 6.07) is 5.02. The molecule has 2 heterocycles. The third-order valence-corrected chi connectivity index (χ3v) is 3.36. The summed E-state index contributed by atoms with van der Waals surface area (Å²) in [5.74, 6) is -0.700. The Kier molecular flexibility index (Phi) is 4.76. The minimum absolute atomic E-state index is 0.551. The van der Waals surface area contributed by atoms with Crippen molar-refractivity contribution in [2.45, 2.75) is 12.7 Å². The molecule has 0 bridgehead atoms. The van der Waals surface area contributed by atoms with Gasteiger partial charge in [0.25, 0.3) is 11.5 Å². The highest BCUT2D eigenvalue weighted by Crippen LogP contribution is 2.27. The van der Waals surface area contributed by atoms with Gasteiger partial charge in [0.15, 0.2) is 0 Å². The molecular weight excluding hydrogens is 319 g/mol. The van der Waals surface area contributed by atoms with E-state index in [1.54, 1.807) is 12.1 Å². The Morgan fingerprint density at radius 1 is 1.36 bits per heavy atom. The molecule has 0 atom stereocenters. The molecule has 5 nitrogen and oxygen atoms in total. The van der Waals surface area contributed by atoms with Crippen LogP contribution in [0.15, 0.2) is 45.7 Å². The maximum Gasteiger partial charge on any atom is 0.417 e. The summed E-state index contributed by atoms with van der Waals surface area (Å²) in [6.07, 6.45) is -2.58. The third kappa shape index (κ3) is 4.29. The number of hydrazone groups is 1. The molecule has 0 fully saturated rings. The van der Waals surface area contributed by atoms with Gasteiger partial charge in [0.2, 0.25) is 0 Å². The van der Waals surface area contributed by atoms with Crippen molar-refractivity contribution < 1.29 is 18.0 Å². The number of nitrogens with zero attached hydrogens (tertiary/aromatic N) is 2. The quantitative estimate of drug-likeness (QED) is 0.689. The maximum atomic E-state index is 12.6. The predicted molar refractivity (Wildman–Crippen MR) is 75.8 cm³/mol. The predicted octanol–water partition coefficient (Wildman–Crippen LogP) is 2.08. The zero-order valence-corrected chi connectivity index (χ0v) is 11.8. The van der Waals surface area contributed by atoms with Crippen molar-refractivity contribution in [3.63, 3.8) is 0 Å². The van der Waals surface area contributed by atoms with E-state index in [1.807, 2.05) is 5.38 Å². The molecule has 2 aromatic heterocycles. The van der Waals surface area contributed by atoms with E-state index in [-0.39, 0.29) is 0 Å². The number of carbonyl (C=O) groups excluding carboxylic acids is 1. The molecular formula is C13H10F3N3O2S. The van der Waals surface area contributed by atoms with E-state index in [4.69, 9.17) is 0 Å². The molecule has 1 N–H and O–H groups in total. The molecule has 116 valence electrons. The van der Waals surface area contributed by atoms with Crippen LogP contribution in [0.5, 0.6) is 0 Å². The summed E-state index contributed by atoms with van der Waals surface area (Å²) < 4.78 is 38.4. The lowest BCUT2D eigenvalue weighted by Crippen LogP contribution is -2.30. The number of thiophene rings is 1. The average molecular weight is 329 g/mol. The first-order chi connectivity index (χ1) is 10.4. The van der Waals surface area contributed by atoms with Crippen molar-refractivity contribution in [1.82, 2.24) is 9.99 Å². The van der Waals surface area contributed by atoms with E-state index in [1.165, 1.54) is 17.6 Å². The number of halogens is 3. The van der Waals surface area contributed by atoms with Gasteiger partial charge in [0.05, 0.1) is 11.8 Å². The van der Waals surface area contributed by atoms with Crippen molar-refractivity contribution in [1.29, 1.82) is 0 Å². The fourth-order valence-electron chi connectivity index (χ4n) is 1.55. The fraction of sp³-hybridized carbons (Fsp3) is 0.154. The summed E-state index contributed by atoms with van der Waals surface area (Å²) in [6.45, 7) is -0.551. The highest BCUT2D eigenvalue weighted by molar-refractivity contribution is 7.11. The number of hydrogen-bond donors (Lipinski definition) is 1. The Morgan fingerprint density at radius 3 is 2.77 bits per heavy atom. The van der Waals surface area contributed by atoms with Crippen LogP contribution in [0.2, 0.25) is 0 Å². The first kappa shape index (κ1) is 16.0. The smallest absolute Gasteiger partial charge is 0.305 e. The van der Waals surface area contributed by atoms with Crippen LogP contribution in [0.25, 0.3) is 0 Å². The molecule has 0 spiro atoms. The van der Waals surface area contributed by atoms with Gasteiger partial charge in [-0.1, -0.05) is 6.07 Å².